The van der Waals surface area contributed by atoms with E-state index in [1.165, 1.54) is 9.47 Å². The molecule has 0 radical (unpaired) electrons. The Morgan fingerprint density at radius 1 is 1.38 bits per heavy atom. The van der Waals surface area contributed by atoms with E-state index in [-0.39, 0.29) is 11.5 Å². The van der Waals surface area contributed by atoms with Gasteiger partial charge in [0.1, 0.15) is 0 Å². The second-order valence-corrected chi connectivity index (χ2v) is 4.18. The van der Waals surface area contributed by atoms with Crippen molar-refractivity contribution < 1.29 is 4.79 Å². The highest BCUT2D eigenvalue weighted by atomic mass is 16.2. The number of hydrogen-bond donors (Lipinski definition) is 1. The van der Waals surface area contributed by atoms with Crippen molar-refractivity contribution in [1.29, 1.82) is 0 Å². The van der Waals surface area contributed by atoms with Gasteiger partial charge in [-0.15, -0.1) is 0 Å². The van der Waals surface area contributed by atoms with Crippen LogP contribution >= 0.6 is 0 Å². The average molecular weight is 221 g/mol. The van der Waals surface area contributed by atoms with Crippen LogP contribution in [0.4, 0.5) is 5.69 Å². The average Bonchev–Trinajstić information content (AvgIpc) is 2.35. The summed E-state index contributed by atoms with van der Waals surface area (Å²) in [6.45, 7) is 0. The van der Waals surface area contributed by atoms with Crippen LogP contribution in [0.5, 0.6) is 0 Å². The lowest BCUT2D eigenvalue weighted by Crippen LogP contribution is -2.40. The molecule has 0 bridgehead atoms. The van der Waals surface area contributed by atoms with Crippen LogP contribution in [0, 0.1) is 0 Å². The molecule has 0 unspecified atom stereocenters. The Bertz CT molecular complexity index is 492. The summed E-state index contributed by atoms with van der Waals surface area (Å²) in [6, 6.07) is 1.11. The maximum atomic E-state index is 11.8. The molecule has 2 N–H and O–H groups in total. The highest BCUT2D eigenvalue weighted by Gasteiger charge is 2.25. The summed E-state index contributed by atoms with van der Waals surface area (Å²) >= 11 is 0. The van der Waals surface area contributed by atoms with Crippen LogP contribution in [0.1, 0.15) is 12.0 Å². The van der Waals surface area contributed by atoms with E-state index in [0.717, 1.165) is 11.3 Å². The Hall–Kier alpha value is -1.62. The largest absolute Gasteiger partial charge is 0.320 e. The summed E-state index contributed by atoms with van der Waals surface area (Å²) < 4.78 is 1.47. The monoisotopic (exact) mass is 221 g/mol. The lowest BCUT2D eigenvalue weighted by atomic mass is 10.1. The van der Waals surface area contributed by atoms with E-state index in [1.54, 1.807) is 26.4 Å². The van der Waals surface area contributed by atoms with Crippen LogP contribution in [-0.4, -0.2) is 23.6 Å². The summed E-state index contributed by atoms with van der Waals surface area (Å²) in [5.74, 6) is -0.0996. The molecule has 1 amide bonds. The van der Waals surface area contributed by atoms with Crippen LogP contribution in [0.15, 0.2) is 17.1 Å². The fourth-order valence-corrected chi connectivity index (χ4v) is 1.96. The van der Waals surface area contributed by atoms with Crippen LogP contribution in [0.3, 0.4) is 0 Å². The van der Waals surface area contributed by atoms with Crippen molar-refractivity contribution in [2.45, 2.75) is 18.9 Å². The summed E-state index contributed by atoms with van der Waals surface area (Å²) in [5.41, 5.74) is 7.36. The molecule has 2 heterocycles. The Balaban J connectivity index is 2.57. The number of likely N-dealkylation sites (N-methyl/N-ethyl adjacent to an activating group) is 1. The van der Waals surface area contributed by atoms with Crippen molar-refractivity contribution in [2.24, 2.45) is 12.8 Å². The molecule has 1 aliphatic heterocycles. The van der Waals surface area contributed by atoms with Gasteiger partial charge in [0.15, 0.2) is 0 Å². The van der Waals surface area contributed by atoms with E-state index in [0.29, 0.717) is 12.8 Å². The molecule has 1 aromatic rings. The standard InChI is InChI=1S/C11H15N3O2/c1-13-6-9-7(5-10(13)15)3-4-8(12)11(16)14(9)2/h5-6,8H,3-4,12H2,1-2H3/t8-/m0/s1. The van der Waals surface area contributed by atoms with E-state index < -0.39 is 6.04 Å². The topological polar surface area (TPSA) is 68.3 Å². The summed E-state index contributed by atoms with van der Waals surface area (Å²) in [6.07, 6.45) is 2.94. The van der Waals surface area contributed by atoms with E-state index >= 15 is 0 Å². The Morgan fingerprint density at radius 3 is 2.75 bits per heavy atom. The van der Waals surface area contributed by atoms with Gasteiger partial charge in [0.25, 0.3) is 5.56 Å². The number of anilines is 1. The van der Waals surface area contributed by atoms with Gasteiger partial charge in [-0.25, -0.2) is 0 Å². The minimum Gasteiger partial charge on any atom is -0.320 e. The molecule has 86 valence electrons. The zero-order valence-electron chi connectivity index (χ0n) is 9.43. The number of carbonyl (C=O) groups is 1. The second kappa shape index (κ2) is 3.75. The Labute approximate surface area is 93.5 Å². The third-order valence-electron chi connectivity index (χ3n) is 3.02. The van der Waals surface area contributed by atoms with Gasteiger partial charge in [-0.1, -0.05) is 0 Å². The second-order valence-electron chi connectivity index (χ2n) is 4.18. The summed E-state index contributed by atoms with van der Waals surface area (Å²) in [4.78, 5) is 24.9. The van der Waals surface area contributed by atoms with Crippen LogP contribution < -0.4 is 16.2 Å². The molecule has 0 aromatic carbocycles. The number of amides is 1. The van der Waals surface area contributed by atoms with E-state index in [9.17, 15) is 9.59 Å². The molecule has 0 fully saturated rings. The van der Waals surface area contributed by atoms with Gasteiger partial charge in [-0.3, -0.25) is 9.59 Å². The molecule has 0 saturated heterocycles. The third-order valence-corrected chi connectivity index (χ3v) is 3.02. The van der Waals surface area contributed by atoms with Gasteiger partial charge in [0.2, 0.25) is 5.91 Å². The smallest absolute Gasteiger partial charge is 0.250 e. The number of nitrogens with zero attached hydrogens (tertiary/aromatic N) is 2. The van der Waals surface area contributed by atoms with Gasteiger partial charge in [0.05, 0.1) is 11.7 Å². The SMILES string of the molecule is CN1C(=O)[C@@H](N)CCc2cc(=O)n(C)cc21. The van der Waals surface area contributed by atoms with E-state index in [1.807, 2.05) is 0 Å². The van der Waals surface area contributed by atoms with Crippen molar-refractivity contribution in [3.8, 4) is 0 Å². The molecule has 16 heavy (non-hydrogen) atoms. The number of fused-ring (bicyclic) bond motifs is 1. The number of rotatable bonds is 0. The van der Waals surface area contributed by atoms with E-state index in [2.05, 4.69) is 0 Å². The molecule has 0 spiro atoms. The molecule has 1 atom stereocenters. The normalized spacial score (nSPS) is 20.6. The molecule has 1 aromatic heterocycles. The Morgan fingerprint density at radius 2 is 2.06 bits per heavy atom. The molecular formula is C11H15N3O2. The van der Waals surface area contributed by atoms with E-state index in [4.69, 9.17) is 5.73 Å². The number of aromatic nitrogens is 1. The number of aryl methyl sites for hydroxylation is 2. The fraction of sp³-hybridized carbons (Fsp3) is 0.455. The fourth-order valence-electron chi connectivity index (χ4n) is 1.96. The minimum absolute atomic E-state index is 0.0601. The van der Waals surface area contributed by atoms with Crippen molar-refractivity contribution in [1.82, 2.24) is 4.57 Å². The van der Waals surface area contributed by atoms with Crippen LogP contribution in [0.25, 0.3) is 0 Å². The summed E-state index contributed by atoms with van der Waals surface area (Å²) in [7, 11) is 3.36. The minimum atomic E-state index is -0.474. The molecule has 0 saturated carbocycles. The number of carbonyl (C=O) groups excluding carboxylic acids is 1. The van der Waals surface area contributed by atoms with Crippen LogP contribution in [-0.2, 0) is 18.3 Å². The maximum Gasteiger partial charge on any atom is 0.250 e. The van der Waals surface area contributed by atoms with Gasteiger partial charge >= 0.3 is 0 Å². The molecule has 1 aliphatic rings. The first-order valence-electron chi connectivity index (χ1n) is 5.23. The lowest BCUT2D eigenvalue weighted by molar-refractivity contribution is -0.119. The highest BCUT2D eigenvalue weighted by Crippen LogP contribution is 2.23. The van der Waals surface area contributed by atoms with Gasteiger partial charge in [-0.05, 0) is 18.4 Å². The predicted molar refractivity (Wildman–Crippen MR) is 61.4 cm³/mol. The molecule has 5 heteroatoms. The zero-order valence-corrected chi connectivity index (χ0v) is 9.43. The van der Waals surface area contributed by atoms with Crippen molar-refractivity contribution in [3.63, 3.8) is 0 Å². The first-order valence-corrected chi connectivity index (χ1v) is 5.23. The van der Waals surface area contributed by atoms with Crippen LogP contribution in [0.2, 0.25) is 0 Å². The lowest BCUT2D eigenvalue weighted by Gasteiger charge is -2.19. The van der Waals surface area contributed by atoms with Crippen molar-refractivity contribution in [3.05, 3.63) is 28.2 Å². The third kappa shape index (κ3) is 1.63. The number of pyridine rings is 1. The maximum absolute atomic E-state index is 11.8. The molecule has 0 aliphatic carbocycles. The molecule has 2 rings (SSSR count). The Kier molecular flexibility index (Phi) is 2.55. The van der Waals surface area contributed by atoms with Crippen molar-refractivity contribution >= 4 is 11.6 Å². The molecular weight excluding hydrogens is 206 g/mol. The first-order chi connectivity index (χ1) is 7.50. The number of nitrogens with two attached hydrogens (primary N) is 1. The predicted octanol–water partition coefficient (Wildman–Crippen LogP) is -0.378. The number of hydrogen-bond acceptors (Lipinski definition) is 3. The van der Waals surface area contributed by atoms with Gasteiger partial charge in [0, 0.05) is 26.4 Å². The highest BCUT2D eigenvalue weighted by molar-refractivity contribution is 5.97. The van der Waals surface area contributed by atoms with Gasteiger partial charge < -0.3 is 15.2 Å². The quantitative estimate of drug-likeness (QED) is 0.649. The summed E-state index contributed by atoms with van der Waals surface area (Å²) in [5, 5.41) is 0. The van der Waals surface area contributed by atoms with Crippen molar-refractivity contribution in [2.75, 3.05) is 11.9 Å². The molecule has 5 nitrogen and oxygen atoms in total. The zero-order chi connectivity index (χ0) is 11.9. The first kappa shape index (κ1) is 10.9. The van der Waals surface area contributed by atoms with Gasteiger partial charge in [-0.2, -0.15) is 0 Å².